The van der Waals surface area contributed by atoms with E-state index >= 15 is 0 Å². The van der Waals surface area contributed by atoms with Crippen LogP contribution in [-0.4, -0.2) is 24.9 Å². The van der Waals surface area contributed by atoms with E-state index in [1.807, 2.05) is 6.07 Å². The van der Waals surface area contributed by atoms with Crippen molar-refractivity contribution in [1.82, 2.24) is 5.32 Å². The van der Waals surface area contributed by atoms with Gasteiger partial charge in [-0.3, -0.25) is 9.69 Å². The summed E-state index contributed by atoms with van der Waals surface area (Å²) in [6.45, 7) is 2.83. The Kier molecular flexibility index (Phi) is 2.41. The monoisotopic (exact) mass is 204 g/mol. The number of hydrogen-bond donors (Lipinski definition) is 1. The average molecular weight is 204 g/mol. The van der Waals surface area contributed by atoms with Crippen LogP contribution < -0.4 is 10.2 Å². The third-order valence-electron chi connectivity index (χ3n) is 2.42. The van der Waals surface area contributed by atoms with E-state index in [1.165, 1.54) is 6.92 Å². The lowest BCUT2D eigenvalue weighted by Crippen LogP contribution is -2.27. The zero-order chi connectivity index (χ0) is 10.8. The smallest absolute Gasteiger partial charge is 0.321 e. The van der Waals surface area contributed by atoms with Gasteiger partial charge in [-0.1, -0.05) is 12.1 Å². The number of anilines is 1. The average Bonchev–Trinajstić information content (AvgIpc) is 2.64. The van der Waals surface area contributed by atoms with E-state index in [9.17, 15) is 9.59 Å². The number of Topliss-reactive ketones (excluding diaryl/α,β-unsaturated/α-hetero) is 1. The van der Waals surface area contributed by atoms with Crippen molar-refractivity contribution in [2.45, 2.75) is 6.92 Å². The van der Waals surface area contributed by atoms with Gasteiger partial charge in [0.1, 0.15) is 0 Å². The third kappa shape index (κ3) is 1.83. The predicted molar refractivity (Wildman–Crippen MR) is 57.2 cm³/mol. The van der Waals surface area contributed by atoms with Crippen molar-refractivity contribution >= 4 is 17.5 Å². The lowest BCUT2D eigenvalue weighted by atomic mass is 10.1. The first-order chi connectivity index (χ1) is 7.18. The van der Waals surface area contributed by atoms with Gasteiger partial charge in [-0.15, -0.1) is 0 Å². The van der Waals surface area contributed by atoms with Crippen LogP contribution in [0, 0.1) is 0 Å². The fraction of sp³-hybridized carbons (Fsp3) is 0.273. The molecular formula is C11H12N2O2. The number of amides is 2. The van der Waals surface area contributed by atoms with Gasteiger partial charge in [0.2, 0.25) is 0 Å². The van der Waals surface area contributed by atoms with Crippen LogP contribution in [0.15, 0.2) is 24.3 Å². The van der Waals surface area contributed by atoms with Crippen molar-refractivity contribution in [1.29, 1.82) is 0 Å². The summed E-state index contributed by atoms with van der Waals surface area (Å²) in [6.07, 6.45) is 0. The summed E-state index contributed by atoms with van der Waals surface area (Å²) in [6, 6.07) is 7.01. The number of benzene rings is 1. The molecule has 0 aliphatic carbocycles. The van der Waals surface area contributed by atoms with Gasteiger partial charge in [0.05, 0.1) is 0 Å². The van der Waals surface area contributed by atoms with Crippen LogP contribution in [0.1, 0.15) is 17.3 Å². The van der Waals surface area contributed by atoms with E-state index in [1.54, 1.807) is 23.1 Å². The van der Waals surface area contributed by atoms with Crippen molar-refractivity contribution in [2.24, 2.45) is 0 Å². The molecule has 0 aromatic heterocycles. The summed E-state index contributed by atoms with van der Waals surface area (Å²) >= 11 is 0. The zero-order valence-corrected chi connectivity index (χ0v) is 8.49. The van der Waals surface area contributed by atoms with Gasteiger partial charge in [0.15, 0.2) is 5.78 Å². The van der Waals surface area contributed by atoms with Gasteiger partial charge in [0, 0.05) is 24.3 Å². The minimum atomic E-state index is -0.101. The highest BCUT2D eigenvalue weighted by Gasteiger charge is 2.21. The number of nitrogens with zero attached hydrogens (tertiary/aromatic N) is 1. The minimum Gasteiger partial charge on any atom is -0.336 e. The highest BCUT2D eigenvalue weighted by atomic mass is 16.2. The Labute approximate surface area is 87.9 Å². The van der Waals surface area contributed by atoms with Crippen molar-refractivity contribution in [2.75, 3.05) is 18.0 Å². The maximum atomic E-state index is 11.4. The molecular weight excluding hydrogens is 192 g/mol. The quantitative estimate of drug-likeness (QED) is 0.740. The number of carbonyl (C=O) groups excluding carboxylic acids is 2. The van der Waals surface area contributed by atoms with Gasteiger partial charge in [0.25, 0.3) is 0 Å². The fourth-order valence-corrected chi connectivity index (χ4v) is 1.61. The molecule has 0 saturated carbocycles. The van der Waals surface area contributed by atoms with Crippen LogP contribution in [0.3, 0.4) is 0 Å². The molecule has 4 nitrogen and oxygen atoms in total. The Morgan fingerprint density at radius 1 is 1.47 bits per heavy atom. The Morgan fingerprint density at radius 2 is 2.27 bits per heavy atom. The Morgan fingerprint density at radius 3 is 2.87 bits per heavy atom. The van der Waals surface area contributed by atoms with Crippen molar-refractivity contribution < 1.29 is 9.59 Å². The molecule has 2 amide bonds. The summed E-state index contributed by atoms with van der Waals surface area (Å²) < 4.78 is 0. The van der Waals surface area contributed by atoms with Crippen LogP contribution in [0.4, 0.5) is 10.5 Å². The molecule has 1 aromatic rings. The van der Waals surface area contributed by atoms with E-state index in [-0.39, 0.29) is 11.8 Å². The third-order valence-corrected chi connectivity index (χ3v) is 2.42. The minimum absolute atomic E-state index is 0.0106. The molecule has 0 radical (unpaired) electrons. The molecule has 1 aliphatic rings. The second-order valence-corrected chi connectivity index (χ2v) is 3.49. The van der Waals surface area contributed by atoms with Gasteiger partial charge in [-0.2, -0.15) is 0 Å². The summed E-state index contributed by atoms with van der Waals surface area (Å²) in [5.74, 6) is 0.0106. The van der Waals surface area contributed by atoms with E-state index in [0.29, 0.717) is 18.7 Å². The van der Waals surface area contributed by atoms with Crippen LogP contribution in [-0.2, 0) is 0 Å². The molecule has 0 unspecified atom stereocenters. The van der Waals surface area contributed by atoms with Crippen molar-refractivity contribution in [3.63, 3.8) is 0 Å². The van der Waals surface area contributed by atoms with Gasteiger partial charge in [-0.25, -0.2) is 4.79 Å². The van der Waals surface area contributed by atoms with Crippen LogP contribution in [0.25, 0.3) is 0 Å². The number of urea groups is 1. The van der Waals surface area contributed by atoms with E-state index in [0.717, 1.165) is 5.69 Å². The zero-order valence-electron chi connectivity index (χ0n) is 8.49. The second kappa shape index (κ2) is 3.73. The summed E-state index contributed by atoms with van der Waals surface area (Å²) in [5.41, 5.74) is 1.41. The first kappa shape index (κ1) is 9.71. The summed E-state index contributed by atoms with van der Waals surface area (Å²) in [4.78, 5) is 24.2. The molecule has 1 aromatic carbocycles. The lowest BCUT2D eigenvalue weighted by Gasteiger charge is -2.14. The Bertz CT molecular complexity index is 415. The SMILES string of the molecule is CC(=O)c1cccc(N2CCNC2=O)c1. The molecule has 15 heavy (non-hydrogen) atoms. The van der Waals surface area contributed by atoms with Crippen molar-refractivity contribution in [3.8, 4) is 0 Å². The van der Waals surface area contributed by atoms with Gasteiger partial charge >= 0.3 is 6.03 Å². The Balaban J connectivity index is 2.32. The number of hydrogen-bond acceptors (Lipinski definition) is 2. The fourth-order valence-electron chi connectivity index (χ4n) is 1.61. The highest BCUT2D eigenvalue weighted by Crippen LogP contribution is 2.18. The molecule has 0 atom stereocenters. The lowest BCUT2D eigenvalue weighted by molar-refractivity contribution is 0.101. The molecule has 2 rings (SSSR count). The Hall–Kier alpha value is -1.84. The van der Waals surface area contributed by atoms with Crippen molar-refractivity contribution in [3.05, 3.63) is 29.8 Å². The maximum Gasteiger partial charge on any atom is 0.321 e. The number of carbonyl (C=O) groups is 2. The normalized spacial score (nSPS) is 15.3. The summed E-state index contributed by atoms with van der Waals surface area (Å²) in [5, 5.41) is 2.72. The first-order valence-electron chi connectivity index (χ1n) is 4.85. The van der Waals surface area contributed by atoms with Crippen LogP contribution in [0.5, 0.6) is 0 Å². The first-order valence-corrected chi connectivity index (χ1v) is 4.85. The predicted octanol–water partition coefficient (Wildman–Crippen LogP) is 1.42. The summed E-state index contributed by atoms with van der Waals surface area (Å²) in [7, 11) is 0. The largest absolute Gasteiger partial charge is 0.336 e. The van der Waals surface area contributed by atoms with Crippen LogP contribution >= 0.6 is 0 Å². The number of rotatable bonds is 2. The maximum absolute atomic E-state index is 11.4. The highest BCUT2D eigenvalue weighted by molar-refractivity contribution is 5.98. The van der Waals surface area contributed by atoms with Gasteiger partial charge in [-0.05, 0) is 19.1 Å². The molecule has 4 heteroatoms. The van der Waals surface area contributed by atoms with E-state index in [4.69, 9.17) is 0 Å². The molecule has 78 valence electrons. The topological polar surface area (TPSA) is 49.4 Å². The standard InChI is InChI=1S/C11H12N2O2/c1-8(14)9-3-2-4-10(7-9)13-6-5-12-11(13)15/h2-4,7H,5-6H2,1H3,(H,12,15). The molecule has 1 heterocycles. The number of nitrogens with one attached hydrogen (secondary N) is 1. The van der Waals surface area contributed by atoms with E-state index in [2.05, 4.69) is 5.32 Å². The second-order valence-electron chi connectivity index (χ2n) is 3.49. The molecule has 1 fully saturated rings. The number of ketones is 1. The van der Waals surface area contributed by atoms with E-state index < -0.39 is 0 Å². The van der Waals surface area contributed by atoms with Gasteiger partial charge < -0.3 is 5.32 Å². The molecule has 1 N–H and O–H groups in total. The molecule has 0 bridgehead atoms. The van der Waals surface area contributed by atoms with Crippen LogP contribution in [0.2, 0.25) is 0 Å². The molecule has 1 aliphatic heterocycles. The molecule has 0 spiro atoms. The molecule has 1 saturated heterocycles.